The van der Waals surface area contributed by atoms with Crippen molar-refractivity contribution in [2.45, 2.75) is 18.1 Å². The second-order valence-corrected chi connectivity index (χ2v) is 8.69. The summed E-state index contributed by atoms with van der Waals surface area (Å²) >= 11 is 0. The minimum atomic E-state index is -3.21. The van der Waals surface area contributed by atoms with E-state index in [0.29, 0.717) is 25.2 Å². The van der Waals surface area contributed by atoms with Gasteiger partial charge in [-0.15, -0.1) is 0 Å². The summed E-state index contributed by atoms with van der Waals surface area (Å²) in [6.45, 7) is 3.28. The number of hydrogen-bond acceptors (Lipinski definition) is 5. The Kier molecular flexibility index (Phi) is 4.10. The predicted molar refractivity (Wildman–Crippen MR) is 85.1 cm³/mol. The van der Waals surface area contributed by atoms with Gasteiger partial charge in [-0.25, -0.2) is 8.42 Å². The standard InChI is InChI=1S/C16H21NO5S/c1-2-22-9-13-6-7-23(20,21)16(13)10-17(11-16)15(19)12-4-3-5-14(18)8-12/h3-5,8,13,18H,2,6-7,9-11H2,1H3/t13-/m1/s1. The Labute approximate surface area is 136 Å². The number of amides is 1. The van der Waals surface area contributed by atoms with Crippen LogP contribution in [0.2, 0.25) is 0 Å². The maximum absolute atomic E-state index is 12.5. The number of aromatic hydroxyl groups is 1. The lowest BCUT2D eigenvalue weighted by atomic mass is 9.83. The smallest absolute Gasteiger partial charge is 0.254 e. The molecule has 1 aromatic carbocycles. The maximum atomic E-state index is 12.5. The number of rotatable bonds is 4. The van der Waals surface area contributed by atoms with Crippen LogP contribution in [-0.4, -0.2) is 61.1 Å². The Balaban J connectivity index is 1.76. The second kappa shape index (κ2) is 5.79. The Morgan fingerprint density at radius 3 is 2.83 bits per heavy atom. The van der Waals surface area contributed by atoms with E-state index < -0.39 is 14.6 Å². The Bertz CT molecular complexity index is 709. The van der Waals surface area contributed by atoms with E-state index in [1.807, 2.05) is 6.92 Å². The van der Waals surface area contributed by atoms with E-state index in [0.717, 1.165) is 0 Å². The third-order valence-corrected chi connectivity index (χ3v) is 7.52. The molecule has 0 radical (unpaired) electrons. The Hall–Kier alpha value is -1.60. The van der Waals surface area contributed by atoms with Crippen LogP contribution in [0.25, 0.3) is 0 Å². The van der Waals surface area contributed by atoms with E-state index in [1.54, 1.807) is 12.1 Å². The van der Waals surface area contributed by atoms with Gasteiger partial charge in [0.15, 0.2) is 9.84 Å². The number of phenols is 1. The first-order valence-corrected chi connectivity index (χ1v) is 9.43. The summed E-state index contributed by atoms with van der Waals surface area (Å²) in [5, 5.41) is 9.48. The summed E-state index contributed by atoms with van der Waals surface area (Å²) in [5.41, 5.74) is 0.372. The molecular weight excluding hydrogens is 318 g/mol. The highest BCUT2D eigenvalue weighted by atomic mass is 32.2. The summed E-state index contributed by atoms with van der Waals surface area (Å²) in [5.74, 6) is -0.114. The number of benzene rings is 1. The summed E-state index contributed by atoms with van der Waals surface area (Å²) in [7, 11) is -3.21. The topological polar surface area (TPSA) is 83.9 Å². The van der Waals surface area contributed by atoms with Crippen molar-refractivity contribution in [2.75, 3.05) is 32.1 Å². The van der Waals surface area contributed by atoms with Crippen molar-refractivity contribution < 1.29 is 23.1 Å². The number of likely N-dealkylation sites (tertiary alicyclic amines) is 1. The molecule has 1 N–H and O–H groups in total. The number of carbonyl (C=O) groups is 1. The van der Waals surface area contributed by atoms with Crippen molar-refractivity contribution in [1.82, 2.24) is 4.90 Å². The van der Waals surface area contributed by atoms with Crippen molar-refractivity contribution in [3.63, 3.8) is 0 Å². The number of sulfone groups is 1. The molecule has 3 rings (SSSR count). The van der Waals surface area contributed by atoms with Crippen molar-refractivity contribution in [3.8, 4) is 5.75 Å². The molecule has 6 nitrogen and oxygen atoms in total. The van der Waals surface area contributed by atoms with Gasteiger partial charge in [0.25, 0.3) is 5.91 Å². The molecule has 2 saturated heterocycles. The van der Waals surface area contributed by atoms with E-state index in [1.165, 1.54) is 17.0 Å². The van der Waals surface area contributed by atoms with Gasteiger partial charge in [-0.1, -0.05) is 6.07 Å². The quantitative estimate of drug-likeness (QED) is 0.887. The molecule has 1 amide bonds. The fourth-order valence-corrected chi connectivity index (χ4v) is 5.93. The molecule has 2 heterocycles. The SMILES string of the molecule is CCOC[C@H]1CCS(=O)(=O)C12CN(C(=O)c1cccc(O)c1)C2. The largest absolute Gasteiger partial charge is 0.508 e. The zero-order valence-corrected chi connectivity index (χ0v) is 13.9. The second-order valence-electron chi connectivity index (χ2n) is 6.24. The van der Waals surface area contributed by atoms with Crippen LogP contribution in [0.15, 0.2) is 24.3 Å². The molecule has 7 heteroatoms. The third kappa shape index (κ3) is 2.61. The summed E-state index contributed by atoms with van der Waals surface area (Å²) in [6, 6.07) is 6.11. The third-order valence-electron chi connectivity index (χ3n) is 4.92. The van der Waals surface area contributed by atoms with Crippen LogP contribution in [-0.2, 0) is 14.6 Å². The fourth-order valence-electron chi connectivity index (χ4n) is 3.53. The average molecular weight is 339 g/mol. The minimum absolute atomic E-state index is 0.0220. The lowest BCUT2D eigenvalue weighted by molar-refractivity contribution is 0.0270. The van der Waals surface area contributed by atoms with Crippen molar-refractivity contribution in [1.29, 1.82) is 0 Å². The molecule has 2 aliphatic heterocycles. The van der Waals surface area contributed by atoms with Crippen molar-refractivity contribution in [3.05, 3.63) is 29.8 Å². The van der Waals surface area contributed by atoms with Crippen LogP contribution in [0.5, 0.6) is 5.75 Å². The lowest BCUT2D eigenvalue weighted by Crippen LogP contribution is -2.68. The first kappa shape index (κ1) is 16.3. The molecule has 0 aliphatic carbocycles. The first-order chi connectivity index (χ1) is 10.9. The van der Waals surface area contributed by atoms with Crippen LogP contribution < -0.4 is 0 Å². The Morgan fingerprint density at radius 2 is 2.17 bits per heavy atom. The molecular formula is C16H21NO5S. The van der Waals surface area contributed by atoms with E-state index in [-0.39, 0.29) is 36.4 Å². The Morgan fingerprint density at radius 1 is 1.43 bits per heavy atom. The molecule has 0 saturated carbocycles. The predicted octanol–water partition coefficient (Wildman–Crippen LogP) is 1.06. The molecule has 2 fully saturated rings. The zero-order chi connectivity index (χ0) is 16.7. The summed E-state index contributed by atoms with van der Waals surface area (Å²) in [6.07, 6.45) is 0.594. The number of hydrogen-bond donors (Lipinski definition) is 1. The molecule has 1 spiro atoms. The molecule has 1 atom stereocenters. The van der Waals surface area contributed by atoms with Gasteiger partial charge in [0, 0.05) is 31.2 Å². The summed E-state index contributed by atoms with van der Waals surface area (Å²) < 4.78 is 29.5. The highest BCUT2D eigenvalue weighted by Gasteiger charge is 2.62. The minimum Gasteiger partial charge on any atom is -0.508 e. The van der Waals surface area contributed by atoms with Gasteiger partial charge in [0.2, 0.25) is 0 Å². The number of carbonyl (C=O) groups excluding carboxylic acids is 1. The molecule has 0 aromatic heterocycles. The van der Waals surface area contributed by atoms with E-state index in [2.05, 4.69) is 0 Å². The van der Waals surface area contributed by atoms with Gasteiger partial charge in [-0.2, -0.15) is 0 Å². The highest BCUT2D eigenvalue weighted by Crippen LogP contribution is 2.45. The number of ether oxygens (including phenoxy) is 1. The zero-order valence-electron chi connectivity index (χ0n) is 13.1. The first-order valence-electron chi connectivity index (χ1n) is 7.78. The van der Waals surface area contributed by atoms with E-state index >= 15 is 0 Å². The van der Waals surface area contributed by atoms with E-state index in [4.69, 9.17) is 4.74 Å². The van der Waals surface area contributed by atoms with Crippen LogP contribution >= 0.6 is 0 Å². The van der Waals surface area contributed by atoms with Gasteiger partial charge in [0.1, 0.15) is 10.5 Å². The lowest BCUT2D eigenvalue weighted by Gasteiger charge is -2.49. The maximum Gasteiger partial charge on any atom is 0.254 e. The number of nitrogens with zero attached hydrogens (tertiary/aromatic N) is 1. The number of phenolic OH excluding ortho intramolecular Hbond substituents is 1. The van der Waals surface area contributed by atoms with Gasteiger partial charge >= 0.3 is 0 Å². The monoisotopic (exact) mass is 339 g/mol. The average Bonchev–Trinajstić information content (AvgIpc) is 2.73. The molecule has 1 aromatic rings. The van der Waals surface area contributed by atoms with Crippen LogP contribution in [0.3, 0.4) is 0 Å². The molecule has 0 bridgehead atoms. The van der Waals surface area contributed by atoms with Gasteiger partial charge in [0.05, 0.1) is 12.4 Å². The van der Waals surface area contributed by atoms with Crippen molar-refractivity contribution in [2.24, 2.45) is 5.92 Å². The molecule has 126 valence electrons. The van der Waals surface area contributed by atoms with Crippen molar-refractivity contribution >= 4 is 15.7 Å². The normalized spacial score (nSPS) is 24.6. The van der Waals surface area contributed by atoms with Crippen LogP contribution in [0.4, 0.5) is 0 Å². The molecule has 2 aliphatic rings. The van der Waals surface area contributed by atoms with Gasteiger partial charge in [-0.3, -0.25) is 4.79 Å². The molecule has 23 heavy (non-hydrogen) atoms. The van der Waals surface area contributed by atoms with Crippen LogP contribution in [0, 0.1) is 5.92 Å². The summed E-state index contributed by atoms with van der Waals surface area (Å²) in [4.78, 5) is 14.0. The molecule has 0 unspecified atom stereocenters. The van der Waals surface area contributed by atoms with Gasteiger partial charge in [-0.05, 0) is 31.5 Å². The fraction of sp³-hybridized carbons (Fsp3) is 0.562. The highest BCUT2D eigenvalue weighted by molar-refractivity contribution is 7.93. The van der Waals surface area contributed by atoms with E-state index in [9.17, 15) is 18.3 Å². The van der Waals surface area contributed by atoms with Crippen LogP contribution in [0.1, 0.15) is 23.7 Å². The van der Waals surface area contributed by atoms with Gasteiger partial charge < -0.3 is 14.7 Å².